The molecule has 184 valence electrons. The van der Waals surface area contributed by atoms with Gasteiger partial charge in [-0.05, 0) is 50.7 Å². The number of amides is 1. The van der Waals surface area contributed by atoms with E-state index in [4.69, 9.17) is 14.8 Å². The Morgan fingerprint density at radius 2 is 1.74 bits per heavy atom. The van der Waals surface area contributed by atoms with Crippen LogP contribution in [0.5, 0.6) is 5.75 Å². The summed E-state index contributed by atoms with van der Waals surface area (Å²) in [6.45, 7) is 4.93. The quantitative estimate of drug-likeness (QED) is 0.579. The number of aryl methyl sites for hydroxylation is 2. The van der Waals surface area contributed by atoms with Gasteiger partial charge in [-0.15, -0.1) is 0 Å². The number of carbonyl (C=O) groups is 1. The fraction of sp³-hybridized carbons (Fsp3) is 0.519. The van der Waals surface area contributed by atoms with E-state index in [0.29, 0.717) is 5.91 Å². The topological polar surface area (TPSA) is 66.2 Å². The highest BCUT2D eigenvalue weighted by molar-refractivity contribution is 5.80. The van der Waals surface area contributed by atoms with Crippen LogP contribution in [0.4, 0.5) is 11.5 Å². The number of rotatable bonds is 4. The van der Waals surface area contributed by atoms with E-state index in [0.717, 1.165) is 82.2 Å². The minimum atomic E-state index is 0.0996. The molecule has 0 bridgehead atoms. The number of carbonyl (C=O) groups excluding carboxylic acids is 1. The molecule has 35 heavy (non-hydrogen) atoms. The Kier molecular flexibility index (Phi) is 5.96. The molecule has 2 aromatic heterocycles. The number of aromatic nitrogens is 3. The maximum atomic E-state index is 13.4. The van der Waals surface area contributed by atoms with Crippen molar-refractivity contribution in [3.63, 3.8) is 0 Å². The minimum Gasteiger partial charge on any atom is -0.495 e. The van der Waals surface area contributed by atoms with E-state index in [1.165, 1.54) is 29.6 Å². The molecule has 0 atom stereocenters. The number of hydrogen-bond donors (Lipinski definition) is 0. The van der Waals surface area contributed by atoms with Crippen molar-refractivity contribution in [2.45, 2.75) is 38.5 Å². The predicted octanol–water partition coefficient (Wildman–Crippen LogP) is 3.18. The van der Waals surface area contributed by atoms with Crippen molar-refractivity contribution in [1.82, 2.24) is 19.5 Å². The van der Waals surface area contributed by atoms with E-state index < -0.39 is 0 Å². The third kappa shape index (κ3) is 4.09. The van der Waals surface area contributed by atoms with Gasteiger partial charge in [0.15, 0.2) is 5.82 Å². The fourth-order valence-electron chi connectivity index (χ4n) is 6.03. The molecule has 2 aliphatic heterocycles. The highest BCUT2D eigenvalue weighted by Crippen LogP contribution is 2.33. The number of piperidine rings is 1. The van der Waals surface area contributed by atoms with Crippen LogP contribution in [0.15, 0.2) is 36.7 Å². The lowest BCUT2D eigenvalue weighted by atomic mass is 9.94. The molecule has 0 N–H and O–H groups in total. The van der Waals surface area contributed by atoms with Gasteiger partial charge >= 0.3 is 0 Å². The normalized spacial score (nSPS) is 19.2. The van der Waals surface area contributed by atoms with Gasteiger partial charge in [0.25, 0.3) is 0 Å². The zero-order valence-corrected chi connectivity index (χ0v) is 20.5. The Labute approximate surface area is 206 Å². The molecule has 3 aromatic rings. The summed E-state index contributed by atoms with van der Waals surface area (Å²) >= 11 is 0. The summed E-state index contributed by atoms with van der Waals surface area (Å²) in [6, 6.07) is 8.12. The average Bonchev–Trinajstić information content (AvgIpc) is 3.32. The van der Waals surface area contributed by atoms with E-state index in [1.807, 2.05) is 35.1 Å². The summed E-state index contributed by atoms with van der Waals surface area (Å²) in [4.78, 5) is 24.9. The zero-order valence-electron chi connectivity index (χ0n) is 20.5. The number of fused-ring (bicyclic) bond motifs is 3. The molecule has 1 amide bonds. The van der Waals surface area contributed by atoms with Crippen LogP contribution in [0.1, 0.15) is 36.9 Å². The Balaban J connectivity index is 1.09. The maximum absolute atomic E-state index is 13.4. The van der Waals surface area contributed by atoms with Crippen LogP contribution >= 0.6 is 0 Å². The molecule has 0 spiro atoms. The van der Waals surface area contributed by atoms with Crippen LogP contribution in [0, 0.1) is 5.92 Å². The SMILES string of the molecule is COc1ccccc1N1CCN(C(=O)C2CCN(c3nccn4nc5c(c34)CCCC5)CC2)CC1. The monoisotopic (exact) mass is 474 g/mol. The van der Waals surface area contributed by atoms with Crippen LogP contribution in [0.3, 0.4) is 0 Å². The molecule has 2 saturated heterocycles. The van der Waals surface area contributed by atoms with Crippen molar-refractivity contribution < 1.29 is 9.53 Å². The second kappa shape index (κ2) is 9.40. The van der Waals surface area contributed by atoms with Crippen molar-refractivity contribution >= 4 is 22.9 Å². The van der Waals surface area contributed by atoms with Gasteiger partial charge in [0.05, 0.1) is 18.5 Å². The molecule has 8 nitrogen and oxygen atoms in total. The molecule has 0 radical (unpaired) electrons. The van der Waals surface area contributed by atoms with Gasteiger partial charge in [0.2, 0.25) is 5.91 Å². The van der Waals surface area contributed by atoms with Gasteiger partial charge in [-0.2, -0.15) is 5.10 Å². The molecular weight excluding hydrogens is 440 g/mol. The summed E-state index contributed by atoms with van der Waals surface area (Å²) in [5.41, 5.74) is 4.91. The molecular formula is C27H34N6O2. The molecule has 1 aliphatic carbocycles. The first kappa shape index (κ1) is 22.2. The van der Waals surface area contributed by atoms with Crippen molar-refractivity contribution in [3.05, 3.63) is 47.9 Å². The Hall–Kier alpha value is -3.29. The van der Waals surface area contributed by atoms with Crippen molar-refractivity contribution in [3.8, 4) is 5.75 Å². The number of para-hydroxylation sites is 2. The maximum Gasteiger partial charge on any atom is 0.225 e. The third-order valence-electron chi connectivity index (χ3n) is 7.96. The van der Waals surface area contributed by atoms with Crippen LogP contribution in [0.25, 0.3) is 5.52 Å². The lowest BCUT2D eigenvalue weighted by Crippen LogP contribution is -2.51. The highest BCUT2D eigenvalue weighted by atomic mass is 16.5. The Morgan fingerprint density at radius 1 is 0.971 bits per heavy atom. The molecule has 0 unspecified atom stereocenters. The van der Waals surface area contributed by atoms with Gasteiger partial charge in [0.1, 0.15) is 11.3 Å². The van der Waals surface area contributed by atoms with Crippen molar-refractivity contribution in [1.29, 1.82) is 0 Å². The first-order valence-corrected chi connectivity index (χ1v) is 13.0. The van der Waals surface area contributed by atoms with Crippen LogP contribution < -0.4 is 14.5 Å². The smallest absolute Gasteiger partial charge is 0.225 e. The van der Waals surface area contributed by atoms with Gasteiger partial charge in [-0.1, -0.05) is 12.1 Å². The Morgan fingerprint density at radius 3 is 2.54 bits per heavy atom. The van der Waals surface area contributed by atoms with E-state index in [2.05, 4.69) is 20.8 Å². The van der Waals surface area contributed by atoms with Gasteiger partial charge in [-0.25, -0.2) is 9.50 Å². The number of anilines is 2. The molecule has 1 aromatic carbocycles. The summed E-state index contributed by atoms with van der Waals surface area (Å²) < 4.78 is 7.55. The van der Waals surface area contributed by atoms with E-state index >= 15 is 0 Å². The minimum absolute atomic E-state index is 0.0996. The number of piperazine rings is 1. The number of ether oxygens (including phenoxy) is 1. The second-order valence-electron chi connectivity index (χ2n) is 9.92. The van der Waals surface area contributed by atoms with Crippen molar-refractivity contribution in [2.75, 3.05) is 56.2 Å². The first-order chi connectivity index (χ1) is 17.2. The summed E-state index contributed by atoms with van der Waals surface area (Å²) in [7, 11) is 1.71. The first-order valence-electron chi connectivity index (χ1n) is 13.0. The molecule has 4 heterocycles. The summed E-state index contributed by atoms with van der Waals surface area (Å²) in [5.74, 6) is 2.35. The standard InChI is InChI=1S/C27H34N6O2/c1-35-24-9-5-4-8-23(24)30-16-18-32(19-17-30)27(34)20-10-13-31(14-11-20)26-25-21-6-2-3-7-22(21)29-33(25)15-12-28-26/h4-5,8-9,12,15,20H,2-3,6-7,10-11,13-14,16-19H2,1H3. The molecule has 6 rings (SSSR count). The van der Waals surface area contributed by atoms with E-state index in [1.54, 1.807) is 7.11 Å². The van der Waals surface area contributed by atoms with E-state index in [9.17, 15) is 4.79 Å². The average molecular weight is 475 g/mol. The zero-order chi connectivity index (χ0) is 23.8. The molecule has 2 fully saturated rings. The lowest BCUT2D eigenvalue weighted by Gasteiger charge is -2.39. The fourth-order valence-corrected chi connectivity index (χ4v) is 6.03. The highest BCUT2D eigenvalue weighted by Gasteiger charge is 2.32. The number of nitrogens with zero attached hydrogens (tertiary/aromatic N) is 6. The van der Waals surface area contributed by atoms with Crippen LogP contribution in [-0.4, -0.2) is 71.8 Å². The third-order valence-corrected chi connectivity index (χ3v) is 7.96. The second-order valence-corrected chi connectivity index (χ2v) is 9.92. The van der Waals surface area contributed by atoms with Gasteiger partial charge in [0, 0.05) is 63.1 Å². The lowest BCUT2D eigenvalue weighted by molar-refractivity contribution is -0.136. The molecule has 0 saturated carbocycles. The largest absolute Gasteiger partial charge is 0.495 e. The number of benzene rings is 1. The van der Waals surface area contributed by atoms with Gasteiger partial charge < -0.3 is 19.4 Å². The molecule has 3 aliphatic rings. The number of hydrogen-bond acceptors (Lipinski definition) is 6. The van der Waals surface area contributed by atoms with Crippen molar-refractivity contribution in [2.24, 2.45) is 5.92 Å². The van der Waals surface area contributed by atoms with E-state index in [-0.39, 0.29) is 5.92 Å². The Bertz CT molecular complexity index is 1210. The van der Waals surface area contributed by atoms with Crippen LogP contribution in [-0.2, 0) is 17.6 Å². The van der Waals surface area contributed by atoms with Crippen LogP contribution in [0.2, 0.25) is 0 Å². The van der Waals surface area contributed by atoms with Gasteiger partial charge in [-0.3, -0.25) is 4.79 Å². The summed E-state index contributed by atoms with van der Waals surface area (Å²) in [5, 5.41) is 4.83. The molecule has 8 heteroatoms. The number of methoxy groups -OCH3 is 1. The predicted molar refractivity (Wildman–Crippen MR) is 136 cm³/mol. The summed E-state index contributed by atoms with van der Waals surface area (Å²) in [6.07, 6.45) is 10.2.